The van der Waals surface area contributed by atoms with Crippen LogP contribution in [0.2, 0.25) is 0 Å². The molecule has 2 aliphatic rings. The van der Waals surface area contributed by atoms with E-state index in [1.54, 1.807) is 0 Å². The molecule has 0 saturated heterocycles. The molecule has 1 saturated carbocycles. The molecular formula is C25H26N6O. The Morgan fingerprint density at radius 3 is 2.81 bits per heavy atom. The molecule has 1 aliphatic heterocycles. The predicted molar refractivity (Wildman–Crippen MR) is 124 cm³/mol. The van der Waals surface area contributed by atoms with Gasteiger partial charge < -0.3 is 9.88 Å². The normalized spacial score (nSPS) is 17.2. The second kappa shape index (κ2) is 7.58. The highest BCUT2D eigenvalue weighted by molar-refractivity contribution is 5.80. The van der Waals surface area contributed by atoms with Crippen molar-refractivity contribution in [2.24, 2.45) is 0 Å². The molecule has 32 heavy (non-hydrogen) atoms. The Labute approximate surface area is 186 Å². The van der Waals surface area contributed by atoms with E-state index in [9.17, 15) is 4.79 Å². The third-order valence-electron chi connectivity index (χ3n) is 6.99. The van der Waals surface area contributed by atoms with Gasteiger partial charge in [0.05, 0.1) is 6.04 Å². The molecule has 162 valence electrons. The summed E-state index contributed by atoms with van der Waals surface area (Å²) >= 11 is 0. The largest absolute Gasteiger partial charge is 0.357 e. The van der Waals surface area contributed by atoms with Crippen molar-refractivity contribution < 1.29 is 0 Å². The average molecular weight is 427 g/mol. The molecule has 6 rings (SSSR count). The minimum atomic E-state index is -0.345. The van der Waals surface area contributed by atoms with Crippen molar-refractivity contribution in [1.29, 1.82) is 0 Å². The van der Waals surface area contributed by atoms with E-state index in [0.29, 0.717) is 11.6 Å². The average Bonchev–Trinajstić information content (AvgIpc) is 3.56. The molecule has 0 bridgehead atoms. The Hall–Kier alpha value is -3.48. The van der Waals surface area contributed by atoms with E-state index in [-0.39, 0.29) is 11.6 Å². The van der Waals surface area contributed by atoms with Crippen molar-refractivity contribution >= 4 is 16.6 Å². The van der Waals surface area contributed by atoms with Crippen LogP contribution in [-0.2, 0) is 6.42 Å². The fraction of sp³-hybridized carbons (Fsp3) is 0.360. The summed E-state index contributed by atoms with van der Waals surface area (Å²) in [6, 6.07) is 16.5. The lowest BCUT2D eigenvalue weighted by Crippen LogP contribution is -2.34. The van der Waals surface area contributed by atoms with Crippen LogP contribution in [0.25, 0.3) is 10.9 Å². The number of tetrazole rings is 1. The van der Waals surface area contributed by atoms with Crippen LogP contribution in [0.15, 0.2) is 53.3 Å². The number of aromatic amines is 1. The van der Waals surface area contributed by atoms with Crippen LogP contribution in [0.1, 0.15) is 60.3 Å². The highest BCUT2D eigenvalue weighted by atomic mass is 16.1. The van der Waals surface area contributed by atoms with Gasteiger partial charge in [0.2, 0.25) is 0 Å². The fourth-order valence-corrected chi connectivity index (χ4v) is 5.41. The summed E-state index contributed by atoms with van der Waals surface area (Å²) in [5.41, 5.74) is 5.06. The molecule has 1 N–H and O–H groups in total. The van der Waals surface area contributed by atoms with Gasteiger partial charge in [-0.3, -0.25) is 4.79 Å². The first kappa shape index (κ1) is 19.2. The number of fused-ring (bicyclic) bond motifs is 2. The summed E-state index contributed by atoms with van der Waals surface area (Å²) in [4.78, 5) is 18.8. The zero-order valence-corrected chi connectivity index (χ0v) is 18.2. The molecule has 1 atom stereocenters. The number of nitrogens with one attached hydrogen (secondary N) is 1. The predicted octanol–water partition coefficient (Wildman–Crippen LogP) is 4.09. The SMILES string of the molecule is Cc1ccc2[nH]c(=O)c([C@@H](c3nnnn3C3CCCC3)N3CCc4ccccc43)cc2c1. The molecule has 0 radical (unpaired) electrons. The number of rotatable bonds is 4. The number of para-hydroxylation sites is 1. The van der Waals surface area contributed by atoms with Crippen molar-refractivity contribution in [1.82, 2.24) is 25.2 Å². The van der Waals surface area contributed by atoms with E-state index < -0.39 is 0 Å². The number of anilines is 1. The lowest BCUT2D eigenvalue weighted by atomic mass is 10.0. The summed E-state index contributed by atoms with van der Waals surface area (Å²) in [7, 11) is 0. The zero-order chi connectivity index (χ0) is 21.7. The number of hydrogen-bond donors (Lipinski definition) is 1. The lowest BCUT2D eigenvalue weighted by Gasteiger charge is -2.30. The van der Waals surface area contributed by atoms with Crippen LogP contribution < -0.4 is 10.5 Å². The summed E-state index contributed by atoms with van der Waals surface area (Å²) in [6.45, 7) is 2.89. The molecule has 0 spiro atoms. The molecule has 7 nitrogen and oxygen atoms in total. The van der Waals surface area contributed by atoms with Crippen LogP contribution in [-0.4, -0.2) is 31.7 Å². The number of benzene rings is 2. The van der Waals surface area contributed by atoms with Crippen molar-refractivity contribution in [3.05, 3.63) is 81.4 Å². The first-order chi connectivity index (χ1) is 15.7. The van der Waals surface area contributed by atoms with E-state index in [0.717, 1.165) is 53.8 Å². The van der Waals surface area contributed by atoms with Gasteiger partial charge in [0.15, 0.2) is 5.82 Å². The van der Waals surface area contributed by atoms with Gasteiger partial charge in [0.1, 0.15) is 6.04 Å². The van der Waals surface area contributed by atoms with Crippen molar-refractivity contribution in [3.8, 4) is 0 Å². The highest BCUT2D eigenvalue weighted by Gasteiger charge is 2.35. The molecule has 0 unspecified atom stereocenters. The van der Waals surface area contributed by atoms with Gasteiger partial charge >= 0.3 is 0 Å². The Morgan fingerprint density at radius 1 is 1.09 bits per heavy atom. The Balaban J connectivity index is 1.56. The van der Waals surface area contributed by atoms with Gasteiger partial charge in [-0.1, -0.05) is 42.7 Å². The maximum Gasteiger partial charge on any atom is 0.254 e. The number of aromatic nitrogens is 5. The molecular weight excluding hydrogens is 400 g/mol. The minimum Gasteiger partial charge on any atom is -0.357 e. The molecule has 0 amide bonds. The maximum absolute atomic E-state index is 13.4. The van der Waals surface area contributed by atoms with Crippen molar-refractivity contribution in [2.75, 3.05) is 11.4 Å². The fourth-order valence-electron chi connectivity index (χ4n) is 5.41. The van der Waals surface area contributed by atoms with Gasteiger partial charge in [0.25, 0.3) is 5.56 Å². The van der Waals surface area contributed by atoms with Crippen LogP contribution >= 0.6 is 0 Å². The number of nitrogens with zero attached hydrogens (tertiary/aromatic N) is 5. The number of hydrogen-bond acceptors (Lipinski definition) is 5. The number of pyridine rings is 1. The van der Waals surface area contributed by atoms with Gasteiger partial charge in [-0.2, -0.15) is 0 Å². The zero-order valence-electron chi connectivity index (χ0n) is 18.2. The molecule has 1 aliphatic carbocycles. The molecule has 1 fully saturated rings. The molecule has 3 heterocycles. The third-order valence-corrected chi connectivity index (χ3v) is 6.99. The summed E-state index contributed by atoms with van der Waals surface area (Å²) in [5, 5.41) is 14.0. The first-order valence-electron chi connectivity index (χ1n) is 11.4. The Kier molecular flexibility index (Phi) is 4.56. The number of aryl methyl sites for hydroxylation is 1. The molecule has 2 aromatic carbocycles. The number of H-pyrrole nitrogens is 1. The van der Waals surface area contributed by atoms with E-state index >= 15 is 0 Å². The van der Waals surface area contributed by atoms with E-state index in [4.69, 9.17) is 0 Å². The Morgan fingerprint density at radius 2 is 1.94 bits per heavy atom. The summed E-state index contributed by atoms with van der Waals surface area (Å²) < 4.78 is 1.98. The second-order valence-electron chi connectivity index (χ2n) is 9.04. The lowest BCUT2D eigenvalue weighted by molar-refractivity contribution is 0.428. The van der Waals surface area contributed by atoms with Crippen LogP contribution in [0.3, 0.4) is 0 Å². The molecule has 2 aromatic heterocycles. The van der Waals surface area contributed by atoms with Crippen LogP contribution in [0.5, 0.6) is 0 Å². The smallest absolute Gasteiger partial charge is 0.254 e. The summed E-state index contributed by atoms with van der Waals surface area (Å²) in [5.74, 6) is 0.756. The second-order valence-corrected chi connectivity index (χ2v) is 9.04. The van der Waals surface area contributed by atoms with Gasteiger partial charge in [0, 0.05) is 23.3 Å². The monoisotopic (exact) mass is 426 g/mol. The van der Waals surface area contributed by atoms with Gasteiger partial charge in [-0.05, 0) is 71.8 Å². The third kappa shape index (κ3) is 3.11. The van der Waals surface area contributed by atoms with Gasteiger partial charge in [-0.25, -0.2) is 4.68 Å². The highest BCUT2D eigenvalue weighted by Crippen LogP contribution is 2.39. The molecule has 4 aromatic rings. The Bertz CT molecular complexity index is 1350. The topological polar surface area (TPSA) is 79.7 Å². The standard InChI is InChI=1S/C25H26N6O/c1-16-10-11-21-18(14-16)15-20(25(32)26-21)23(30-13-12-17-6-2-5-9-22(17)30)24-27-28-29-31(24)19-7-3-4-8-19/h2,5-6,9-11,14-15,19,23H,3-4,7-8,12-13H2,1H3,(H,26,32)/t23-/m0/s1. The maximum atomic E-state index is 13.4. The van der Waals surface area contributed by atoms with E-state index in [2.05, 4.69) is 62.7 Å². The van der Waals surface area contributed by atoms with E-state index in [1.165, 1.54) is 18.4 Å². The van der Waals surface area contributed by atoms with Crippen molar-refractivity contribution in [2.45, 2.75) is 51.1 Å². The van der Waals surface area contributed by atoms with Crippen LogP contribution in [0, 0.1) is 6.92 Å². The molecule has 7 heteroatoms. The minimum absolute atomic E-state index is 0.0864. The van der Waals surface area contributed by atoms with E-state index in [1.807, 2.05) is 22.9 Å². The summed E-state index contributed by atoms with van der Waals surface area (Å²) in [6.07, 6.45) is 5.49. The van der Waals surface area contributed by atoms with Crippen molar-refractivity contribution in [3.63, 3.8) is 0 Å². The quantitative estimate of drug-likeness (QED) is 0.532. The van der Waals surface area contributed by atoms with Gasteiger partial charge in [-0.15, -0.1) is 5.10 Å². The first-order valence-corrected chi connectivity index (χ1v) is 11.4. The van der Waals surface area contributed by atoms with Crippen LogP contribution in [0.4, 0.5) is 5.69 Å².